The summed E-state index contributed by atoms with van der Waals surface area (Å²) in [5.41, 5.74) is 1.70. The van der Waals surface area contributed by atoms with Gasteiger partial charge < -0.3 is 15.7 Å². The second-order valence-electron chi connectivity index (χ2n) is 6.00. The Hall–Kier alpha value is -2.54. The molecule has 0 saturated carbocycles. The molecular formula is C18H17F3N2O2. The summed E-state index contributed by atoms with van der Waals surface area (Å²) in [6.07, 6.45) is -3.09. The van der Waals surface area contributed by atoms with Gasteiger partial charge in [0.25, 0.3) is 0 Å². The van der Waals surface area contributed by atoms with Gasteiger partial charge in [-0.1, -0.05) is 18.2 Å². The molecule has 0 aliphatic heterocycles. The lowest BCUT2D eigenvalue weighted by molar-refractivity contribution is -0.137. The van der Waals surface area contributed by atoms with Gasteiger partial charge in [0, 0.05) is 17.8 Å². The summed E-state index contributed by atoms with van der Waals surface area (Å²) in [6, 6.07) is 9.27. The molecular weight excluding hydrogens is 333 g/mol. The van der Waals surface area contributed by atoms with E-state index in [2.05, 4.69) is 10.6 Å². The number of alkyl halides is 3. The lowest BCUT2D eigenvalue weighted by Crippen LogP contribution is -2.24. The first-order valence-corrected chi connectivity index (χ1v) is 7.87. The lowest BCUT2D eigenvalue weighted by atomic mass is 9.88. The minimum absolute atomic E-state index is 0.0529. The summed E-state index contributed by atoms with van der Waals surface area (Å²) in [4.78, 5) is 12.1. The van der Waals surface area contributed by atoms with E-state index in [-0.39, 0.29) is 5.69 Å². The highest BCUT2D eigenvalue weighted by molar-refractivity contribution is 6.00. The third-order valence-electron chi connectivity index (χ3n) is 4.16. The molecule has 0 aromatic heterocycles. The number of hydrogen-bond acceptors (Lipinski definition) is 2. The first-order chi connectivity index (χ1) is 11.8. The van der Waals surface area contributed by atoms with Crippen LogP contribution in [0, 0.1) is 0 Å². The summed E-state index contributed by atoms with van der Waals surface area (Å²) in [5, 5.41) is 14.9. The number of aliphatic hydroxyl groups excluding tert-OH is 1. The Labute approximate surface area is 142 Å². The molecule has 1 atom stereocenters. The van der Waals surface area contributed by atoms with Crippen molar-refractivity contribution in [2.75, 3.05) is 10.6 Å². The Bertz CT molecular complexity index is 790. The fourth-order valence-electron chi connectivity index (χ4n) is 2.94. The minimum Gasteiger partial charge on any atom is -0.393 e. The molecule has 132 valence electrons. The molecule has 4 nitrogen and oxygen atoms in total. The van der Waals surface area contributed by atoms with E-state index in [0.717, 1.165) is 29.7 Å². The minimum atomic E-state index is -4.47. The highest BCUT2D eigenvalue weighted by Crippen LogP contribution is 2.31. The second kappa shape index (κ2) is 6.76. The number of hydrogen-bond donors (Lipinski definition) is 3. The van der Waals surface area contributed by atoms with Crippen molar-refractivity contribution in [1.29, 1.82) is 0 Å². The standard InChI is InChI=1S/C18H17F3N2O2/c19-18(20,21)12-4-2-5-13(9-12)22-17(25)23-16-6-1-3-11-7-8-14(24)10-15(11)16/h1-6,9,14,24H,7-8,10H2,(H2,22,23,25). The third kappa shape index (κ3) is 4.11. The van der Waals surface area contributed by atoms with E-state index in [0.29, 0.717) is 18.5 Å². The third-order valence-corrected chi connectivity index (χ3v) is 4.16. The number of urea groups is 1. The molecule has 1 aliphatic carbocycles. The number of amides is 2. The summed E-state index contributed by atoms with van der Waals surface area (Å²) in [7, 11) is 0. The zero-order valence-electron chi connectivity index (χ0n) is 13.2. The van der Waals surface area contributed by atoms with Gasteiger partial charge in [-0.25, -0.2) is 4.79 Å². The van der Waals surface area contributed by atoms with Gasteiger partial charge in [0.05, 0.1) is 11.7 Å². The number of benzene rings is 2. The van der Waals surface area contributed by atoms with Crippen LogP contribution in [0.2, 0.25) is 0 Å². The molecule has 0 bridgehead atoms. The van der Waals surface area contributed by atoms with Crippen molar-refractivity contribution in [1.82, 2.24) is 0 Å². The molecule has 2 amide bonds. The number of nitrogens with one attached hydrogen (secondary N) is 2. The molecule has 7 heteroatoms. The fourth-order valence-corrected chi connectivity index (χ4v) is 2.94. The van der Waals surface area contributed by atoms with Crippen molar-refractivity contribution in [2.45, 2.75) is 31.5 Å². The van der Waals surface area contributed by atoms with E-state index in [9.17, 15) is 23.1 Å². The molecule has 1 aliphatic rings. The van der Waals surface area contributed by atoms with Crippen LogP contribution in [-0.4, -0.2) is 17.2 Å². The summed E-state index contributed by atoms with van der Waals surface area (Å²) >= 11 is 0. The van der Waals surface area contributed by atoms with Crippen molar-refractivity contribution in [3.05, 3.63) is 59.2 Å². The summed E-state index contributed by atoms with van der Waals surface area (Å²) in [6.45, 7) is 0. The zero-order valence-corrected chi connectivity index (χ0v) is 13.2. The van der Waals surface area contributed by atoms with E-state index < -0.39 is 23.9 Å². The molecule has 0 fully saturated rings. The van der Waals surface area contributed by atoms with Gasteiger partial charge in [-0.2, -0.15) is 13.2 Å². The number of rotatable bonds is 2. The van der Waals surface area contributed by atoms with E-state index in [1.54, 1.807) is 12.1 Å². The molecule has 0 saturated heterocycles. The van der Waals surface area contributed by atoms with E-state index in [1.165, 1.54) is 12.1 Å². The smallest absolute Gasteiger partial charge is 0.393 e. The van der Waals surface area contributed by atoms with Crippen molar-refractivity contribution >= 4 is 17.4 Å². The number of carbonyl (C=O) groups is 1. The number of anilines is 2. The highest BCUT2D eigenvalue weighted by Gasteiger charge is 2.30. The number of aliphatic hydroxyl groups is 1. The van der Waals surface area contributed by atoms with Crippen molar-refractivity contribution in [3.8, 4) is 0 Å². The van der Waals surface area contributed by atoms with E-state index in [1.807, 2.05) is 6.07 Å². The quantitative estimate of drug-likeness (QED) is 0.760. The maximum atomic E-state index is 12.7. The molecule has 3 rings (SSSR count). The van der Waals surface area contributed by atoms with E-state index >= 15 is 0 Å². The van der Waals surface area contributed by atoms with Crippen molar-refractivity contribution in [3.63, 3.8) is 0 Å². The number of carbonyl (C=O) groups excluding carboxylic acids is 1. The van der Waals surface area contributed by atoms with Crippen LogP contribution in [0.5, 0.6) is 0 Å². The number of aryl methyl sites for hydroxylation is 1. The second-order valence-corrected chi connectivity index (χ2v) is 6.00. The normalized spacial score (nSPS) is 16.9. The van der Waals surface area contributed by atoms with Crippen LogP contribution in [-0.2, 0) is 19.0 Å². The number of fused-ring (bicyclic) bond motifs is 1. The summed E-state index contributed by atoms with van der Waals surface area (Å²) < 4.78 is 38.2. The fraction of sp³-hybridized carbons (Fsp3) is 0.278. The molecule has 2 aromatic rings. The van der Waals surface area contributed by atoms with Gasteiger partial charge in [-0.3, -0.25) is 0 Å². The van der Waals surface area contributed by atoms with Gasteiger partial charge in [0.15, 0.2) is 0 Å². The Balaban J connectivity index is 1.74. The van der Waals surface area contributed by atoms with Crippen LogP contribution in [0.15, 0.2) is 42.5 Å². The van der Waals surface area contributed by atoms with Gasteiger partial charge in [0.2, 0.25) is 0 Å². The van der Waals surface area contributed by atoms with Crippen LogP contribution in [0.3, 0.4) is 0 Å². The van der Waals surface area contributed by atoms with Crippen LogP contribution in [0.4, 0.5) is 29.3 Å². The monoisotopic (exact) mass is 350 g/mol. The Kier molecular flexibility index (Phi) is 4.67. The predicted octanol–water partition coefficient (Wildman–Crippen LogP) is 4.20. The first kappa shape index (κ1) is 17.3. The molecule has 2 aromatic carbocycles. The Morgan fingerprint density at radius 1 is 1.12 bits per heavy atom. The first-order valence-electron chi connectivity index (χ1n) is 7.87. The molecule has 3 N–H and O–H groups in total. The van der Waals surface area contributed by atoms with Crippen molar-refractivity contribution < 1.29 is 23.1 Å². The predicted molar refractivity (Wildman–Crippen MR) is 88.6 cm³/mol. The summed E-state index contributed by atoms with van der Waals surface area (Å²) in [5.74, 6) is 0. The molecule has 0 radical (unpaired) electrons. The van der Waals surface area contributed by atoms with Crippen LogP contribution < -0.4 is 10.6 Å². The largest absolute Gasteiger partial charge is 0.416 e. The molecule has 1 unspecified atom stereocenters. The Morgan fingerprint density at radius 3 is 2.64 bits per heavy atom. The number of halogens is 3. The van der Waals surface area contributed by atoms with Crippen LogP contribution in [0.1, 0.15) is 23.1 Å². The maximum Gasteiger partial charge on any atom is 0.416 e. The van der Waals surface area contributed by atoms with Gasteiger partial charge >= 0.3 is 12.2 Å². The van der Waals surface area contributed by atoms with Crippen LogP contribution in [0.25, 0.3) is 0 Å². The van der Waals surface area contributed by atoms with E-state index in [4.69, 9.17) is 0 Å². The van der Waals surface area contributed by atoms with Gasteiger partial charge in [0.1, 0.15) is 0 Å². The average Bonchev–Trinajstić information content (AvgIpc) is 2.55. The average molecular weight is 350 g/mol. The van der Waals surface area contributed by atoms with Gasteiger partial charge in [-0.15, -0.1) is 0 Å². The Morgan fingerprint density at radius 2 is 1.88 bits per heavy atom. The lowest BCUT2D eigenvalue weighted by Gasteiger charge is -2.23. The molecule has 0 spiro atoms. The van der Waals surface area contributed by atoms with Gasteiger partial charge in [-0.05, 0) is 48.2 Å². The maximum absolute atomic E-state index is 12.7. The van der Waals surface area contributed by atoms with Crippen molar-refractivity contribution in [2.24, 2.45) is 0 Å². The molecule has 0 heterocycles. The topological polar surface area (TPSA) is 61.4 Å². The zero-order chi connectivity index (χ0) is 18.0. The highest BCUT2D eigenvalue weighted by atomic mass is 19.4. The SMILES string of the molecule is O=C(Nc1cccc(C(F)(F)F)c1)Nc1cccc2c1CC(O)CC2. The molecule has 25 heavy (non-hydrogen) atoms. The van der Waals surface area contributed by atoms with Crippen LogP contribution >= 0.6 is 0 Å².